The summed E-state index contributed by atoms with van der Waals surface area (Å²) in [4.78, 5) is 43.0. The molecule has 0 fully saturated rings. The molecule has 0 bridgehead atoms. The van der Waals surface area contributed by atoms with E-state index in [-0.39, 0.29) is 54.7 Å². The molecule has 50 heavy (non-hydrogen) atoms. The Morgan fingerprint density at radius 3 is 2.54 bits per heavy atom. The summed E-state index contributed by atoms with van der Waals surface area (Å²) in [5.74, 6) is -1.39. The Balaban J connectivity index is 1.57. The minimum atomic E-state index is -4.48. The molecule has 13 heteroatoms. The first-order valence-electron chi connectivity index (χ1n) is 17.0. The van der Waals surface area contributed by atoms with Gasteiger partial charge in [0, 0.05) is 50.2 Å². The van der Waals surface area contributed by atoms with Crippen LogP contribution >= 0.6 is 0 Å². The van der Waals surface area contributed by atoms with Gasteiger partial charge in [-0.25, -0.2) is 4.79 Å². The molecule has 4 atom stereocenters. The van der Waals surface area contributed by atoms with Crippen molar-refractivity contribution in [3.05, 3.63) is 66.2 Å². The van der Waals surface area contributed by atoms with Gasteiger partial charge in [0.1, 0.15) is 5.75 Å². The molecule has 3 aromatic rings. The molecule has 3 N–H and O–H groups in total. The van der Waals surface area contributed by atoms with Crippen LogP contribution in [-0.4, -0.2) is 90.5 Å². The van der Waals surface area contributed by atoms with Gasteiger partial charge in [0.05, 0.1) is 42.5 Å². The number of halogens is 3. The molecule has 0 spiro atoms. The van der Waals surface area contributed by atoms with Crippen molar-refractivity contribution in [3.8, 4) is 5.75 Å². The number of fused-ring (bicyclic) bond motifs is 2. The van der Waals surface area contributed by atoms with Crippen LogP contribution in [0.15, 0.2) is 60.7 Å². The zero-order chi connectivity index (χ0) is 36.4. The summed E-state index contributed by atoms with van der Waals surface area (Å²) in [7, 11) is 1.68. The number of aliphatic hydroxyl groups is 1. The molecular weight excluding hydrogens is 653 g/mol. The van der Waals surface area contributed by atoms with Crippen LogP contribution < -0.4 is 15.4 Å². The Morgan fingerprint density at radius 1 is 1.06 bits per heavy atom. The van der Waals surface area contributed by atoms with Crippen molar-refractivity contribution in [1.29, 1.82) is 0 Å². The van der Waals surface area contributed by atoms with Gasteiger partial charge in [0.2, 0.25) is 5.91 Å². The molecule has 10 nitrogen and oxygen atoms in total. The number of urea groups is 1. The number of benzene rings is 3. The van der Waals surface area contributed by atoms with Crippen LogP contribution in [0.4, 0.5) is 29.3 Å². The molecule has 0 saturated heterocycles. The lowest BCUT2D eigenvalue weighted by molar-refractivity contribution is -0.142. The first-order chi connectivity index (χ1) is 23.8. The summed E-state index contributed by atoms with van der Waals surface area (Å²) < 4.78 is 50.6. The molecule has 0 radical (unpaired) electrons. The zero-order valence-corrected chi connectivity index (χ0v) is 29.0. The molecule has 0 aliphatic carbocycles. The third-order valence-electron chi connectivity index (χ3n) is 8.80. The molecule has 3 aromatic carbocycles. The van der Waals surface area contributed by atoms with E-state index in [0.717, 1.165) is 23.6 Å². The molecule has 0 saturated carbocycles. The second-order valence-corrected chi connectivity index (χ2v) is 13.0. The fourth-order valence-corrected chi connectivity index (χ4v) is 5.84. The van der Waals surface area contributed by atoms with Crippen molar-refractivity contribution in [2.75, 3.05) is 44.0 Å². The number of carbonyl (C=O) groups is 3. The number of hydrogen-bond donors (Lipinski definition) is 3. The first-order valence-corrected chi connectivity index (χ1v) is 17.0. The summed E-state index contributed by atoms with van der Waals surface area (Å²) in [5, 5.41) is 17.5. The zero-order valence-electron chi connectivity index (χ0n) is 29.0. The van der Waals surface area contributed by atoms with Crippen LogP contribution in [0.25, 0.3) is 10.8 Å². The van der Waals surface area contributed by atoms with Gasteiger partial charge in [-0.05, 0) is 62.8 Å². The van der Waals surface area contributed by atoms with Gasteiger partial charge in [0.15, 0.2) is 0 Å². The third kappa shape index (κ3) is 10.8. The number of aliphatic hydroxyl groups excluding tert-OH is 1. The van der Waals surface area contributed by atoms with E-state index in [1.54, 1.807) is 18.9 Å². The molecule has 272 valence electrons. The number of alkyl halides is 3. The van der Waals surface area contributed by atoms with Gasteiger partial charge in [-0.2, -0.15) is 13.2 Å². The Hall–Kier alpha value is -4.36. The Kier molecular flexibility index (Phi) is 13.5. The molecular formula is C37H47F3N4O6. The quantitative estimate of drug-likeness (QED) is 0.231. The van der Waals surface area contributed by atoms with Gasteiger partial charge >= 0.3 is 12.2 Å². The van der Waals surface area contributed by atoms with Crippen molar-refractivity contribution in [1.82, 2.24) is 9.80 Å². The maximum Gasteiger partial charge on any atom is 0.389 e. The molecule has 1 aliphatic rings. The van der Waals surface area contributed by atoms with Crippen molar-refractivity contribution in [2.45, 2.75) is 77.3 Å². The van der Waals surface area contributed by atoms with E-state index >= 15 is 0 Å². The van der Waals surface area contributed by atoms with Crippen molar-refractivity contribution in [2.24, 2.45) is 5.92 Å². The minimum absolute atomic E-state index is 0.0964. The molecule has 1 aliphatic heterocycles. The van der Waals surface area contributed by atoms with E-state index in [1.807, 2.05) is 56.3 Å². The van der Waals surface area contributed by atoms with E-state index in [0.29, 0.717) is 18.7 Å². The second kappa shape index (κ2) is 17.5. The number of likely N-dealkylation sites (N-methyl/N-ethyl adjacent to an activating group) is 1. The van der Waals surface area contributed by atoms with Crippen LogP contribution in [-0.2, 0) is 9.53 Å². The van der Waals surface area contributed by atoms with Crippen LogP contribution in [0.1, 0.15) is 63.2 Å². The van der Waals surface area contributed by atoms with Gasteiger partial charge < -0.3 is 35.0 Å². The van der Waals surface area contributed by atoms with Gasteiger partial charge in [0.25, 0.3) is 5.91 Å². The van der Waals surface area contributed by atoms with Crippen LogP contribution in [0.5, 0.6) is 5.75 Å². The molecule has 0 aromatic heterocycles. The number of carbonyl (C=O) groups excluding carboxylic acids is 3. The highest BCUT2D eigenvalue weighted by Gasteiger charge is 2.32. The summed E-state index contributed by atoms with van der Waals surface area (Å²) in [6.45, 7) is 5.91. The Bertz CT molecular complexity index is 1610. The van der Waals surface area contributed by atoms with Gasteiger partial charge in [-0.3, -0.25) is 9.59 Å². The number of nitrogens with one attached hydrogen (secondary N) is 2. The predicted molar refractivity (Wildman–Crippen MR) is 186 cm³/mol. The van der Waals surface area contributed by atoms with E-state index in [1.165, 1.54) is 23.1 Å². The van der Waals surface area contributed by atoms with Gasteiger partial charge in [-0.15, -0.1) is 0 Å². The number of nitrogens with zero attached hydrogens (tertiary/aromatic N) is 2. The number of ether oxygens (including phenoxy) is 2. The van der Waals surface area contributed by atoms with E-state index in [9.17, 15) is 32.7 Å². The smallest absolute Gasteiger partial charge is 0.389 e. The highest BCUT2D eigenvalue weighted by Crippen LogP contribution is 2.29. The van der Waals surface area contributed by atoms with E-state index in [4.69, 9.17) is 9.47 Å². The fourth-order valence-electron chi connectivity index (χ4n) is 5.84. The number of rotatable bonds is 8. The van der Waals surface area contributed by atoms with Crippen LogP contribution in [0, 0.1) is 5.92 Å². The highest BCUT2D eigenvalue weighted by molar-refractivity contribution is 6.02. The highest BCUT2D eigenvalue weighted by atomic mass is 19.4. The average molecular weight is 701 g/mol. The maximum atomic E-state index is 14.3. The molecule has 0 unspecified atom stereocenters. The topological polar surface area (TPSA) is 120 Å². The van der Waals surface area contributed by atoms with E-state index < -0.39 is 43.0 Å². The molecule has 1 heterocycles. The Labute approximate surface area is 290 Å². The first kappa shape index (κ1) is 38.4. The SMILES string of the molecule is C[C@@H]1CCCCO[C@H](CN(C)C(=O)Nc2cccc3ccccc23)[C@@H](C)CN([C@H](C)CO)C(=O)c2cc(NC(=O)CCC(F)(F)F)ccc2O1. The fraction of sp³-hybridized carbons (Fsp3) is 0.486. The van der Waals surface area contributed by atoms with Crippen molar-refractivity contribution in [3.63, 3.8) is 0 Å². The number of anilines is 2. The van der Waals surface area contributed by atoms with Gasteiger partial charge in [-0.1, -0.05) is 43.3 Å². The Morgan fingerprint density at radius 2 is 1.80 bits per heavy atom. The van der Waals surface area contributed by atoms with Crippen LogP contribution in [0.2, 0.25) is 0 Å². The molecule has 4 rings (SSSR count). The second-order valence-electron chi connectivity index (χ2n) is 13.0. The van der Waals surface area contributed by atoms with E-state index in [2.05, 4.69) is 10.6 Å². The lowest BCUT2D eigenvalue weighted by atomic mass is 10.0. The maximum absolute atomic E-state index is 14.3. The lowest BCUT2D eigenvalue weighted by Crippen LogP contribution is -2.48. The van der Waals surface area contributed by atoms with Crippen molar-refractivity contribution < 1.29 is 42.1 Å². The summed E-state index contributed by atoms with van der Waals surface area (Å²) in [6.07, 6.45) is -5.14. The standard InChI is InChI=1S/C37H47F3N4O6/c1-24-21-44(25(2)23-45)35(47)30-20-28(41-34(46)17-18-37(38,39)40)15-16-32(30)50-26(3)10-7-8-19-49-33(24)22-43(4)36(48)42-31-14-9-12-27-11-5-6-13-29(27)31/h5-6,9,11-16,20,24-26,33,45H,7-8,10,17-19,21-23H2,1-4H3,(H,41,46)(H,42,48)/t24-,25+,26+,33+/m0/s1. The number of amides is 4. The largest absolute Gasteiger partial charge is 0.490 e. The average Bonchev–Trinajstić information content (AvgIpc) is 3.08. The van der Waals surface area contributed by atoms with Crippen molar-refractivity contribution >= 4 is 40.0 Å². The monoisotopic (exact) mass is 700 g/mol. The number of hydrogen-bond acceptors (Lipinski definition) is 6. The molecule has 4 amide bonds. The summed E-state index contributed by atoms with van der Waals surface area (Å²) in [6, 6.07) is 16.9. The predicted octanol–water partition coefficient (Wildman–Crippen LogP) is 7.08. The lowest BCUT2D eigenvalue weighted by Gasteiger charge is -2.35. The third-order valence-corrected chi connectivity index (χ3v) is 8.80. The normalized spacial score (nSPS) is 19.9. The summed E-state index contributed by atoms with van der Waals surface area (Å²) in [5.41, 5.74) is 0.921. The summed E-state index contributed by atoms with van der Waals surface area (Å²) >= 11 is 0. The van der Waals surface area contributed by atoms with Crippen LogP contribution in [0.3, 0.4) is 0 Å². The minimum Gasteiger partial charge on any atom is -0.490 e.